The lowest BCUT2D eigenvalue weighted by atomic mass is 10.2. The van der Waals surface area contributed by atoms with Gasteiger partial charge in [-0.25, -0.2) is 14.4 Å². The van der Waals surface area contributed by atoms with E-state index in [0.717, 1.165) is 0 Å². The summed E-state index contributed by atoms with van der Waals surface area (Å²) in [6.45, 7) is 0.221. The van der Waals surface area contributed by atoms with E-state index in [9.17, 15) is 9.18 Å². The molecule has 0 aliphatic carbocycles. The Hall–Kier alpha value is -3.01. The van der Waals surface area contributed by atoms with Crippen LogP contribution in [0.1, 0.15) is 15.2 Å². The minimum absolute atomic E-state index is 0.0127. The van der Waals surface area contributed by atoms with Crippen molar-refractivity contribution in [2.45, 2.75) is 6.54 Å². The fourth-order valence-corrected chi connectivity index (χ4v) is 3.94. The highest BCUT2D eigenvalue weighted by Crippen LogP contribution is 2.30. The first-order chi connectivity index (χ1) is 14.9. The Morgan fingerprint density at radius 2 is 2.06 bits per heavy atom. The zero-order valence-electron chi connectivity index (χ0n) is 16.1. The summed E-state index contributed by atoms with van der Waals surface area (Å²) >= 11 is 13.3. The molecule has 0 radical (unpaired) electrons. The van der Waals surface area contributed by atoms with Crippen molar-refractivity contribution in [3.63, 3.8) is 0 Å². The van der Waals surface area contributed by atoms with Crippen molar-refractivity contribution < 1.29 is 9.18 Å². The van der Waals surface area contributed by atoms with Crippen molar-refractivity contribution in [1.82, 2.24) is 25.1 Å². The maximum atomic E-state index is 13.3. The molecule has 4 rings (SSSR count). The minimum Gasteiger partial charge on any atom is -0.347 e. The maximum absolute atomic E-state index is 13.3. The molecule has 1 amide bonds. The number of aromatic nitrogens is 4. The number of benzene rings is 1. The Morgan fingerprint density at radius 3 is 2.81 bits per heavy atom. The maximum Gasteiger partial charge on any atom is 0.261 e. The van der Waals surface area contributed by atoms with Crippen LogP contribution < -0.4 is 10.6 Å². The van der Waals surface area contributed by atoms with Gasteiger partial charge in [-0.3, -0.25) is 9.48 Å². The lowest BCUT2D eigenvalue weighted by Gasteiger charge is -2.06. The van der Waals surface area contributed by atoms with E-state index < -0.39 is 5.82 Å². The van der Waals surface area contributed by atoms with Crippen LogP contribution in [0.3, 0.4) is 0 Å². The minimum atomic E-state index is -0.502. The molecule has 0 unspecified atom stereocenters. The van der Waals surface area contributed by atoms with E-state index in [0.29, 0.717) is 38.5 Å². The van der Waals surface area contributed by atoms with Gasteiger partial charge in [0.25, 0.3) is 5.91 Å². The molecule has 0 aliphatic heterocycles. The highest BCUT2D eigenvalue weighted by molar-refractivity contribution is 7.12. The van der Waals surface area contributed by atoms with Gasteiger partial charge in [-0.2, -0.15) is 5.10 Å². The van der Waals surface area contributed by atoms with Gasteiger partial charge in [-0.05, 0) is 23.8 Å². The van der Waals surface area contributed by atoms with Crippen LogP contribution in [-0.2, 0) is 13.6 Å². The van der Waals surface area contributed by atoms with E-state index in [1.165, 1.54) is 29.7 Å². The second-order valence-electron chi connectivity index (χ2n) is 6.52. The number of thiophene rings is 1. The molecule has 3 heterocycles. The molecule has 158 valence electrons. The van der Waals surface area contributed by atoms with Gasteiger partial charge in [0.1, 0.15) is 5.82 Å². The molecule has 1 aromatic carbocycles. The lowest BCUT2D eigenvalue weighted by molar-refractivity contribution is 0.0955. The first kappa shape index (κ1) is 21.2. The highest BCUT2D eigenvalue weighted by Gasteiger charge is 2.15. The van der Waals surface area contributed by atoms with E-state index in [4.69, 9.17) is 23.2 Å². The Morgan fingerprint density at radius 1 is 1.23 bits per heavy atom. The average Bonchev–Trinajstić information content (AvgIpc) is 3.39. The number of carbonyl (C=O) groups is 1. The Bertz CT molecular complexity index is 1260. The number of hydrogen-bond donors (Lipinski definition) is 2. The number of amides is 1. The molecule has 0 atom stereocenters. The molecule has 0 fully saturated rings. The summed E-state index contributed by atoms with van der Waals surface area (Å²) in [5, 5.41) is 12.2. The summed E-state index contributed by atoms with van der Waals surface area (Å²) in [7, 11) is 1.81. The van der Waals surface area contributed by atoms with E-state index in [-0.39, 0.29) is 17.5 Å². The topological polar surface area (TPSA) is 84.7 Å². The molecular formula is C20H15Cl2FN6OS. The van der Waals surface area contributed by atoms with Crippen molar-refractivity contribution in [3.05, 3.63) is 74.4 Å². The Balaban J connectivity index is 1.47. The number of aryl methyl sites for hydroxylation is 1. The molecule has 4 aromatic rings. The van der Waals surface area contributed by atoms with Crippen LogP contribution >= 0.6 is 34.5 Å². The summed E-state index contributed by atoms with van der Waals surface area (Å²) in [5.74, 6) is 0.164. The van der Waals surface area contributed by atoms with Gasteiger partial charge in [0.05, 0.1) is 26.8 Å². The lowest BCUT2D eigenvalue weighted by Crippen LogP contribution is -2.21. The van der Waals surface area contributed by atoms with Gasteiger partial charge in [0, 0.05) is 36.8 Å². The summed E-state index contributed by atoms with van der Waals surface area (Å²) < 4.78 is 14.9. The smallest absolute Gasteiger partial charge is 0.261 e. The van der Waals surface area contributed by atoms with Gasteiger partial charge >= 0.3 is 0 Å². The van der Waals surface area contributed by atoms with Crippen molar-refractivity contribution >= 4 is 52.2 Å². The molecule has 11 heteroatoms. The second kappa shape index (κ2) is 9.01. The molecule has 2 N–H and O–H groups in total. The average molecular weight is 477 g/mol. The van der Waals surface area contributed by atoms with Crippen molar-refractivity contribution in [1.29, 1.82) is 0 Å². The van der Waals surface area contributed by atoms with Gasteiger partial charge in [-0.15, -0.1) is 11.3 Å². The first-order valence-electron chi connectivity index (χ1n) is 8.99. The van der Waals surface area contributed by atoms with E-state index in [2.05, 4.69) is 25.7 Å². The zero-order valence-corrected chi connectivity index (χ0v) is 18.4. The second-order valence-corrected chi connectivity index (χ2v) is 8.25. The predicted molar refractivity (Wildman–Crippen MR) is 119 cm³/mol. The van der Waals surface area contributed by atoms with E-state index >= 15 is 0 Å². The number of carbonyl (C=O) groups excluding carboxylic acids is 1. The zero-order chi connectivity index (χ0) is 22.0. The summed E-state index contributed by atoms with van der Waals surface area (Å²) in [6, 6.07) is 7.81. The van der Waals surface area contributed by atoms with Crippen LogP contribution in [0, 0.1) is 5.82 Å². The Kier molecular flexibility index (Phi) is 6.17. The SMILES string of the molecule is Cn1ccc(Nc2ncc(Cl)c(-c3csc(C(=O)NCc4ccc(F)c(Cl)c4)c3)n2)n1. The van der Waals surface area contributed by atoms with Crippen molar-refractivity contribution in [2.75, 3.05) is 5.32 Å². The number of anilines is 2. The summed E-state index contributed by atoms with van der Waals surface area (Å²) in [4.78, 5) is 21.6. The number of nitrogens with one attached hydrogen (secondary N) is 2. The normalized spacial score (nSPS) is 10.8. The van der Waals surface area contributed by atoms with Crippen LogP contribution in [0.4, 0.5) is 16.2 Å². The van der Waals surface area contributed by atoms with Gasteiger partial charge in [0.15, 0.2) is 5.82 Å². The number of nitrogens with zero attached hydrogens (tertiary/aromatic N) is 4. The van der Waals surface area contributed by atoms with Crippen molar-refractivity contribution in [2.24, 2.45) is 7.05 Å². The number of rotatable bonds is 6. The van der Waals surface area contributed by atoms with Crippen LogP contribution in [0.5, 0.6) is 0 Å². The monoisotopic (exact) mass is 476 g/mol. The molecule has 3 aromatic heterocycles. The third-order valence-corrected chi connectivity index (χ3v) is 5.73. The standard InChI is InChI=1S/C20H15Cl2FN6OS/c1-29-5-4-17(28-29)26-20-25-9-14(22)18(27-20)12-7-16(31-10-12)19(30)24-8-11-2-3-15(23)13(21)6-11/h2-7,9-10H,8H2,1H3,(H,24,30)(H,25,26,27,28). The largest absolute Gasteiger partial charge is 0.347 e. The molecule has 0 bridgehead atoms. The number of hydrogen-bond acceptors (Lipinski definition) is 6. The third kappa shape index (κ3) is 5.01. The van der Waals surface area contributed by atoms with E-state index in [1.807, 2.05) is 7.05 Å². The molecule has 0 spiro atoms. The van der Waals surface area contributed by atoms with E-state index in [1.54, 1.807) is 34.5 Å². The Labute approximate surface area is 190 Å². The number of halogens is 3. The fourth-order valence-electron chi connectivity index (χ4n) is 2.72. The highest BCUT2D eigenvalue weighted by atomic mass is 35.5. The van der Waals surface area contributed by atoms with Gasteiger partial charge in [-0.1, -0.05) is 29.3 Å². The summed E-state index contributed by atoms with van der Waals surface area (Å²) in [5.41, 5.74) is 1.88. The molecule has 0 aliphatic rings. The molecular weight excluding hydrogens is 462 g/mol. The molecule has 0 saturated heterocycles. The van der Waals surface area contributed by atoms with Gasteiger partial charge < -0.3 is 10.6 Å². The van der Waals surface area contributed by atoms with Crippen LogP contribution in [0.2, 0.25) is 10.0 Å². The quantitative estimate of drug-likeness (QED) is 0.406. The van der Waals surface area contributed by atoms with Gasteiger partial charge in [0.2, 0.25) is 5.95 Å². The summed E-state index contributed by atoms with van der Waals surface area (Å²) in [6.07, 6.45) is 3.29. The third-order valence-electron chi connectivity index (χ3n) is 4.23. The van der Waals surface area contributed by atoms with Crippen LogP contribution in [-0.4, -0.2) is 25.7 Å². The van der Waals surface area contributed by atoms with Crippen LogP contribution in [0.15, 0.2) is 48.1 Å². The molecule has 31 heavy (non-hydrogen) atoms. The molecule has 7 nitrogen and oxygen atoms in total. The molecule has 0 saturated carbocycles. The fraction of sp³-hybridized carbons (Fsp3) is 0.100. The van der Waals surface area contributed by atoms with Crippen LogP contribution in [0.25, 0.3) is 11.3 Å². The van der Waals surface area contributed by atoms with Crippen molar-refractivity contribution in [3.8, 4) is 11.3 Å². The predicted octanol–water partition coefficient (Wildman–Crippen LogP) is 5.06. The first-order valence-corrected chi connectivity index (χ1v) is 10.6.